The largest absolute Gasteiger partial charge is 0.353 e. The second kappa shape index (κ2) is 6.29. The summed E-state index contributed by atoms with van der Waals surface area (Å²) in [4.78, 5) is 3.75. The molecule has 0 spiro atoms. The maximum atomic E-state index is 3.75. The number of nitrogens with one attached hydrogen (secondary N) is 1. The van der Waals surface area contributed by atoms with Crippen LogP contribution in [0, 0.1) is 3.57 Å². The molecule has 5 rings (SSSR count). The van der Waals surface area contributed by atoms with Crippen molar-refractivity contribution in [2.75, 3.05) is 0 Å². The molecule has 0 radical (unpaired) electrons. The van der Waals surface area contributed by atoms with Crippen molar-refractivity contribution in [1.82, 2.24) is 4.98 Å². The highest BCUT2D eigenvalue weighted by Gasteiger charge is 2.17. The van der Waals surface area contributed by atoms with E-state index >= 15 is 0 Å². The molecule has 5 aromatic rings. The van der Waals surface area contributed by atoms with Crippen molar-refractivity contribution in [3.63, 3.8) is 0 Å². The van der Waals surface area contributed by atoms with E-state index in [1.54, 1.807) is 0 Å². The minimum Gasteiger partial charge on any atom is -0.353 e. The molecule has 0 amide bonds. The van der Waals surface area contributed by atoms with Crippen LogP contribution in [0.4, 0.5) is 0 Å². The van der Waals surface area contributed by atoms with Crippen LogP contribution in [0.5, 0.6) is 0 Å². The molecule has 0 aliphatic rings. The quantitative estimate of drug-likeness (QED) is 0.275. The normalized spacial score (nSPS) is 11.3. The third kappa shape index (κ3) is 2.44. The summed E-state index contributed by atoms with van der Waals surface area (Å²) in [5.41, 5.74) is 6.11. The zero-order chi connectivity index (χ0) is 17.5. The molecule has 0 aliphatic carbocycles. The van der Waals surface area contributed by atoms with Gasteiger partial charge in [-0.2, -0.15) is 0 Å². The molecule has 2 heteroatoms. The third-order valence-corrected chi connectivity index (χ3v) is 5.78. The molecule has 0 fully saturated rings. The van der Waals surface area contributed by atoms with Crippen LogP contribution in [-0.2, 0) is 0 Å². The number of benzene rings is 4. The molecule has 1 nitrogen and oxygen atoms in total. The first kappa shape index (κ1) is 15.6. The van der Waals surface area contributed by atoms with Gasteiger partial charge < -0.3 is 4.98 Å². The van der Waals surface area contributed by atoms with Crippen molar-refractivity contribution in [2.24, 2.45) is 0 Å². The van der Waals surface area contributed by atoms with Crippen LogP contribution in [0.1, 0.15) is 0 Å². The first-order valence-corrected chi connectivity index (χ1v) is 9.74. The van der Waals surface area contributed by atoms with Gasteiger partial charge in [0, 0.05) is 19.9 Å². The van der Waals surface area contributed by atoms with Crippen molar-refractivity contribution in [1.29, 1.82) is 0 Å². The fraction of sp³-hybridized carbons (Fsp3) is 0. The summed E-state index contributed by atoms with van der Waals surface area (Å²) in [6.45, 7) is 0. The van der Waals surface area contributed by atoms with Gasteiger partial charge in [0.25, 0.3) is 0 Å². The van der Waals surface area contributed by atoms with Crippen LogP contribution < -0.4 is 0 Å². The number of H-pyrrole nitrogens is 1. The maximum absolute atomic E-state index is 3.75. The topological polar surface area (TPSA) is 15.8 Å². The minimum atomic E-state index is 1.18. The lowest BCUT2D eigenvalue weighted by Crippen LogP contribution is -1.82. The van der Waals surface area contributed by atoms with E-state index in [4.69, 9.17) is 0 Å². The SMILES string of the molecule is Ic1cc2c(-c3ccccc3)c(-c3ccccc3)[nH]c2c2ccccc12. The first-order chi connectivity index (χ1) is 12.8. The zero-order valence-electron chi connectivity index (χ0n) is 14.0. The van der Waals surface area contributed by atoms with Crippen LogP contribution >= 0.6 is 22.6 Å². The number of hydrogen-bond acceptors (Lipinski definition) is 0. The second-order valence-electron chi connectivity index (χ2n) is 6.43. The van der Waals surface area contributed by atoms with Crippen LogP contribution in [0.25, 0.3) is 44.1 Å². The van der Waals surface area contributed by atoms with E-state index in [-0.39, 0.29) is 0 Å². The molecule has 1 N–H and O–H groups in total. The summed E-state index contributed by atoms with van der Waals surface area (Å²) in [7, 11) is 0. The van der Waals surface area contributed by atoms with Crippen molar-refractivity contribution in [3.8, 4) is 22.4 Å². The number of halogens is 1. The Labute approximate surface area is 165 Å². The highest BCUT2D eigenvalue weighted by molar-refractivity contribution is 14.1. The lowest BCUT2D eigenvalue weighted by Gasteiger charge is -2.06. The predicted octanol–water partition coefficient (Wildman–Crippen LogP) is 7.26. The van der Waals surface area contributed by atoms with E-state index in [1.807, 2.05) is 0 Å². The maximum Gasteiger partial charge on any atom is 0.0545 e. The summed E-state index contributed by atoms with van der Waals surface area (Å²) < 4.78 is 1.28. The van der Waals surface area contributed by atoms with Crippen molar-refractivity contribution in [2.45, 2.75) is 0 Å². The Kier molecular flexibility index (Phi) is 3.79. The fourth-order valence-corrected chi connectivity index (χ4v) is 4.49. The third-order valence-electron chi connectivity index (χ3n) is 4.89. The molecule has 0 saturated carbocycles. The Hall–Kier alpha value is -2.59. The van der Waals surface area contributed by atoms with Gasteiger partial charge in [-0.3, -0.25) is 0 Å². The number of fused-ring (bicyclic) bond motifs is 3. The van der Waals surface area contributed by atoms with E-state index in [9.17, 15) is 0 Å². The molecule has 0 unspecified atom stereocenters. The molecule has 124 valence electrons. The fourth-order valence-electron chi connectivity index (χ4n) is 3.71. The standard InChI is InChI=1S/C24H16IN/c25-21-15-20-22(16-9-3-1-4-10-16)23(17-11-5-2-6-12-17)26-24(20)19-14-8-7-13-18(19)21/h1-15,26H. The van der Waals surface area contributed by atoms with Gasteiger partial charge in [0.05, 0.1) is 11.2 Å². The van der Waals surface area contributed by atoms with Crippen LogP contribution in [0.15, 0.2) is 91.0 Å². The number of rotatable bonds is 2. The average molecular weight is 445 g/mol. The van der Waals surface area contributed by atoms with Gasteiger partial charge in [0.15, 0.2) is 0 Å². The van der Waals surface area contributed by atoms with Crippen molar-refractivity contribution >= 4 is 44.3 Å². The van der Waals surface area contributed by atoms with Crippen molar-refractivity contribution < 1.29 is 0 Å². The van der Waals surface area contributed by atoms with Crippen LogP contribution in [0.2, 0.25) is 0 Å². The summed E-state index contributed by atoms with van der Waals surface area (Å²) in [5.74, 6) is 0. The van der Waals surface area contributed by atoms with Crippen LogP contribution in [-0.4, -0.2) is 4.98 Å². The van der Waals surface area contributed by atoms with E-state index < -0.39 is 0 Å². The Morgan fingerprint density at radius 1 is 0.577 bits per heavy atom. The molecule has 1 aromatic heterocycles. The lowest BCUT2D eigenvalue weighted by molar-refractivity contribution is 1.46. The van der Waals surface area contributed by atoms with E-state index in [1.165, 1.54) is 47.6 Å². The summed E-state index contributed by atoms with van der Waals surface area (Å²) in [5, 5.41) is 3.84. The second-order valence-corrected chi connectivity index (χ2v) is 7.60. The highest BCUT2D eigenvalue weighted by atomic mass is 127. The Morgan fingerprint density at radius 3 is 1.85 bits per heavy atom. The smallest absolute Gasteiger partial charge is 0.0545 e. The molecule has 0 saturated heterocycles. The minimum absolute atomic E-state index is 1.18. The molecule has 0 atom stereocenters. The first-order valence-electron chi connectivity index (χ1n) is 8.67. The van der Waals surface area contributed by atoms with Crippen LogP contribution in [0.3, 0.4) is 0 Å². The van der Waals surface area contributed by atoms with Gasteiger partial charge in [0.2, 0.25) is 0 Å². The lowest BCUT2D eigenvalue weighted by atomic mass is 9.97. The summed E-state index contributed by atoms with van der Waals surface area (Å²) >= 11 is 2.45. The average Bonchev–Trinajstić information content (AvgIpc) is 3.09. The molecule has 26 heavy (non-hydrogen) atoms. The summed E-state index contributed by atoms with van der Waals surface area (Å²) in [6, 6.07) is 32.2. The molecule has 0 bridgehead atoms. The molecule has 1 heterocycles. The van der Waals surface area contributed by atoms with Gasteiger partial charge in [-0.1, -0.05) is 84.9 Å². The predicted molar refractivity (Wildman–Crippen MR) is 119 cm³/mol. The highest BCUT2D eigenvalue weighted by Crippen LogP contribution is 2.41. The Bertz CT molecular complexity index is 1220. The van der Waals surface area contributed by atoms with E-state index in [2.05, 4.69) is 119 Å². The molecule has 4 aromatic carbocycles. The molecular weight excluding hydrogens is 429 g/mol. The van der Waals surface area contributed by atoms with Gasteiger partial charge in [-0.05, 0) is 45.2 Å². The van der Waals surface area contributed by atoms with Gasteiger partial charge in [-0.15, -0.1) is 0 Å². The Morgan fingerprint density at radius 2 is 1.15 bits per heavy atom. The van der Waals surface area contributed by atoms with Crippen molar-refractivity contribution in [3.05, 3.63) is 94.6 Å². The zero-order valence-corrected chi connectivity index (χ0v) is 16.2. The molecule has 0 aliphatic heterocycles. The van der Waals surface area contributed by atoms with E-state index in [0.717, 1.165) is 0 Å². The van der Waals surface area contributed by atoms with Gasteiger partial charge >= 0.3 is 0 Å². The van der Waals surface area contributed by atoms with Gasteiger partial charge in [0.1, 0.15) is 0 Å². The Balaban J connectivity index is 1.96. The monoisotopic (exact) mass is 445 g/mol. The number of hydrogen-bond donors (Lipinski definition) is 1. The number of aromatic amines is 1. The summed E-state index contributed by atoms with van der Waals surface area (Å²) in [6.07, 6.45) is 0. The van der Waals surface area contributed by atoms with Gasteiger partial charge in [-0.25, -0.2) is 0 Å². The molecular formula is C24H16IN. The number of aromatic nitrogens is 1. The van der Waals surface area contributed by atoms with E-state index in [0.29, 0.717) is 0 Å².